The van der Waals surface area contributed by atoms with Crippen molar-refractivity contribution in [3.8, 4) is 5.75 Å². The molecule has 0 spiro atoms. The van der Waals surface area contributed by atoms with Crippen LogP contribution < -0.4 is 10.1 Å². The lowest BCUT2D eigenvalue weighted by Gasteiger charge is -2.19. The summed E-state index contributed by atoms with van der Waals surface area (Å²) >= 11 is 12.0. The minimum atomic E-state index is -0.662. The van der Waals surface area contributed by atoms with Crippen molar-refractivity contribution in [1.82, 2.24) is 0 Å². The first kappa shape index (κ1) is 17.6. The Morgan fingerprint density at radius 3 is 2.43 bits per heavy atom. The summed E-state index contributed by atoms with van der Waals surface area (Å²) in [6.07, 6.45) is -0.662. The topological polar surface area (TPSA) is 38.3 Å². The number of hydrogen-bond donors (Lipinski definition) is 1. The second-order valence-corrected chi connectivity index (χ2v) is 6.33. The molecule has 1 amide bonds. The fourth-order valence-electron chi connectivity index (χ4n) is 2.14. The van der Waals surface area contributed by atoms with E-state index >= 15 is 0 Å². The fourth-order valence-corrected chi connectivity index (χ4v) is 2.49. The van der Waals surface area contributed by atoms with Crippen molar-refractivity contribution >= 4 is 34.8 Å². The zero-order valence-corrected chi connectivity index (χ0v) is 14.8. The van der Waals surface area contributed by atoms with Gasteiger partial charge in [-0.3, -0.25) is 4.79 Å². The molecule has 0 unspecified atom stereocenters. The SMILES string of the molecule is CC(C)c1ccccc1O[C@@H](C)C(=O)Nc1cccc(Cl)c1Cl. The third-order valence-corrected chi connectivity index (χ3v) is 4.24. The highest BCUT2D eigenvalue weighted by Gasteiger charge is 2.18. The lowest BCUT2D eigenvalue weighted by Crippen LogP contribution is -2.30. The largest absolute Gasteiger partial charge is 0.481 e. The van der Waals surface area contributed by atoms with Gasteiger partial charge in [-0.15, -0.1) is 0 Å². The average molecular weight is 352 g/mol. The monoisotopic (exact) mass is 351 g/mol. The highest BCUT2D eigenvalue weighted by molar-refractivity contribution is 6.44. The molecule has 0 saturated carbocycles. The van der Waals surface area contributed by atoms with Crippen LogP contribution in [0, 0.1) is 0 Å². The molecule has 0 aliphatic carbocycles. The summed E-state index contributed by atoms with van der Waals surface area (Å²) in [5.74, 6) is 0.735. The highest BCUT2D eigenvalue weighted by atomic mass is 35.5. The van der Waals surface area contributed by atoms with E-state index in [0.29, 0.717) is 27.4 Å². The number of anilines is 1. The quantitative estimate of drug-likeness (QED) is 0.769. The first-order valence-electron chi connectivity index (χ1n) is 7.40. The van der Waals surface area contributed by atoms with E-state index in [1.807, 2.05) is 24.3 Å². The molecule has 2 aromatic carbocycles. The molecule has 0 bridgehead atoms. The summed E-state index contributed by atoms with van der Waals surface area (Å²) in [6, 6.07) is 12.8. The molecular formula is C18H19Cl2NO2. The molecule has 2 aromatic rings. The lowest BCUT2D eigenvalue weighted by atomic mass is 10.0. The fraction of sp³-hybridized carbons (Fsp3) is 0.278. The second kappa shape index (κ2) is 7.71. The Morgan fingerprint density at radius 1 is 1.04 bits per heavy atom. The molecule has 1 atom stereocenters. The Labute approximate surface area is 146 Å². The zero-order chi connectivity index (χ0) is 17.0. The van der Waals surface area contributed by atoms with E-state index in [0.717, 1.165) is 5.56 Å². The molecule has 1 N–H and O–H groups in total. The van der Waals surface area contributed by atoms with Gasteiger partial charge < -0.3 is 10.1 Å². The van der Waals surface area contributed by atoms with Gasteiger partial charge in [-0.25, -0.2) is 0 Å². The Hall–Kier alpha value is -1.71. The first-order valence-corrected chi connectivity index (χ1v) is 8.16. The van der Waals surface area contributed by atoms with Gasteiger partial charge in [-0.05, 0) is 36.6 Å². The van der Waals surface area contributed by atoms with Gasteiger partial charge >= 0.3 is 0 Å². The molecular weight excluding hydrogens is 333 g/mol. The standard InChI is InChI=1S/C18H19Cl2NO2/c1-11(2)13-7-4-5-10-16(13)23-12(3)18(22)21-15-9-6-8-14(19)17(15)20/h4-12H,1-3H3,(H,21,22)/t12-/m0/s1. The van der Waals surface area contributed by atoms with Crippen molar-refractivity contribution in [3.05, 3.63) is 58.1 Å². The zero-order valence-electron chi connectivity index (χ0n) is 13.3. The molecule has 5 heteroatoms. The summed E-state index contributed by atoms with van der Waals surface area (Å²) in [5.41, 5.74) is 1.53. The maximum atomic E-state index is 12.3. The van der Waals surface area contributed by atoms with Crippen molar-refractivity contribution in [2.75, 3.05) is 5.32 Å². The van der Waals surface area contributed by atoms with Crippen molar-refractivity contribution in [2.24, 2.45) is 0 Å². The Bertz CT molecular complexity index is 701. The predicted octanol–water partition coefficient (Wildman–Crippen LogP) is 5.52. The average Bonchev–Trinajstić information content (AvgIpc) is 2.52. The first-order chi connectivity index (χ1) is 10.9. The van der Waals surface area contributed by atoms with Gasteiger partial charge in [0.1, 0.15) is 5.75 Å². The van der Waals surface area contributed by atoms with E-state index in [1.54, 1.807) is 25.1 Å². The number of amides is 1. The van der Waals surface area contributed by atoms with E-state index in [1.165, 1.54) is 0 Å². The van der Waals surface area contributed by atoms with E-state index in [9.17, 15) is 4.79 Å². The molecule has 3 nitrogen and oxygen atoms in total. The number of benzene rings is 2. The molecule has 0 aromatic heterocycles. The number of carbonyl (C=O) groups excluding carboxylic acids is 1. The third-order valence-electron chi connectivity index (χ3n) is 3.42. The summed E-state index contributed by atoms with van der Waals surface area (Å²) < 4.78 is 5.82. The third kappa shape index (κ3) is 4.40. The van der Waals surface area contributed by atoms with Crippen LogP contribution in [-0.4, -0.2) is 12.0 Å². The van der Waals surface area contributed by atoms with E-state index in [4.69, 9.17) is 27.9 Å². The van der Waals surface area contributed by atoms with Crippen LogP contribution in [0.1, 0.15) is 32.3 Å². The van der Waals surface area contributed by atoms with Crippen molar-refractivity contribution < 1.29 is 9.53 Å². The Morgan fingerprint density at radius 2 is 1.74 bits per heavy atom. The maximum absolute atomic E-state index is 12.3. The molecule has 2 rings (SSSR count). The van der Waals surface area contributed by atoms with Gasteiger partial charge in [-0.1, -0.05) is 61.3 Å². The Kier molecular flexibility index (Phi) is 5.91. The molecule has 0 heterocycles. The minimum Gasteiger partial charge on any atom is -0.481 e. The normalized spacial score (nSPS) is 12.1. The second-order valence-electron chi connectivity index (χ2n) is 5.54. The number of carbonyl (C=O) groups is 1. The molecule has 122 valence electrons. The predicted molar refractivity (Wildman–Crippen MR) is 95.7 cm³/mol. The lowest BCUT2D eigenvalue weighted by molar-refractivity contribution is -0.122. The van der Waals surface area contributed by atoms with Crippen LogP contribution >= 0.6 is 23.2 Å². The molecule has 0 radical (unpaired) electrons. The van der Waals surface area contributed by atoms with Crippen LogP contribution in [0.4, 0.5) is 5.69 Å². The summed E-state index contributed by atoms with van der Waals surface area (Å²) in [5, 5.41) is 3.45. The smallest absolute Gasteiger partial charge is 0.265 e. The van der Waals surface area contributed by atoms with Gasteiger partial charge in [0.05, 0.1) is 15.7 Å². The Balaban J connectivity index is 2.10. The number of nitrogens with one attached hydrogen (secondary N) is 1. The van der Waals surface area contributed by atoms with Gasteiger partial charge in [0.25, 0.3) is 5.91 Å². The number of halogens is 2. The molecule has 0 aliphatic rings. The van der Waals surface area contributed by atoms with Gasteiger partial charge in [0.15, 0.2) is 6.10 Å². The van der Waals surface area contributed by atoms with Crippen LogP contribution in [0.15, 0.2) is 42.5 Å². The highest BCUT2D eigenvalue weighted by Crippen LogP contribution is 2.30. The van der Waals surface area contributed by atoms with Crippen molar-refractivity contribution in [3.63, 3.8) is 0 Å². The molecule has 23 heavy (non-hydrogen) atoms. The van der Waals surface area contributed by atoms with Gasteiger partial charge in [0.2, 0.25) is 0 Å². The van der Waals surface area contributed by atoms with Crippen LogP contribution in [0.25, 0.3) is 0 Å². The molecule has 0 saturated heterocycles. The number of para-hydroxylation sites is 1. The van der Waals surface area contributed by atoms with E-state index in [-0.39, 0.29) is 5.91 Å². The van der Waals surface area contributed by atoms with Crippen molar-refractivity contribution in [2.45, 2.75) is 32.8 Å². The summed E-state index contributed by atoms with van der Waals surface area (Å²) in [7, 11) is 0. The number of ether oxygens (including phenoxy) is 1. The van der Waals surface area contributed by atoms with Gasteiger partial charge in [-0.2, -0.15) is 0 Å². The maximum Gasteiger partial charge on any atom is 0.265 e. The minimum absolute atomic E-state index is 0.285. The van der Waals surface area contributed by atoms with Crippen LogP contribution in [-0.2, 0) is 4.79 Å². The van der Waals surface area contributed by atoms with E-state index in [2.05, 4.69) is 19.2 Å². The molecule has 0 aliphatic heterocycles. The summed E-state index contributed by atoms with van der Waals surface area (Å²) in [6.45, 7) is 5.86. The van der Waals surface area contributed by atoms with Gasteiger partial charge in [0, 0.05) is 0 Å². The molecule has 0 fully saturated rings. The van der Waals surface area contributed by atoms with Crippen LogP contribution in [0.2, 0.25) is 10.0 Å². The van der Waals surface area contributed by atoms with Crippen LogP contribution in [0.3, 0.4) is 0 Å². The van der Waals surface area contributed by atoms with Crippen LogP contribution in [0.5, 0.6) is 5.75 Å². The summed E-state index contributed by atoms with van der Waals surface area (Å²) in [4.78, 5) is 12.3. The number of hydrogen-bond acceptors (Lipinski definition) is 2. The van der Waals surface area contributed by atoms with Crippen molar-refractivity contribution in [1.29, 1.82) is 0 Å². The van der Waals surface area contributed by atoms with E-state index < -0.39 is 6.10 Å². The number of rotatable bonds is 5.